The fraction of sp³-hybridized carbons (Fsp3) is 0.400. The maximum atomic E-state index is 12.7. The number of piperidine rings is 1. The molecule has 2 N–H and O–H groups in total. The summed E-state index contributed by atoms with van der Waals surface area (Å²) in [6.07, 6.45) is 1.68. The first-order valence-electron chi connectivity index (χ1n) is 7.09. The molecule has 7 heteroatoms. The van der Waals surface area contributed by atoms with Crippen LogP contribution in [0.4, 0.5) is 0 Å². The molecule has 6 nitrogen and oxygen atoms in total. The van der Waals surface area contributed by atoms with Gasteiger partial charge in [-0.1, -0.05) is 17.3 Å². The highest BCUT2D eigenvalue weighted by molar-refractivity contribution is 6.00. The van der Waals surface area contributed by atoms with Gasteiger partial charge in [-0.05, 0) is 31.9 Å². The van der Waals surface area contributed by atoms with Crippen molar-refractivity contribution < 1.29 is 9.32 Å². The van der Waals surface area contributed by atoms with Crippen LogP contribution in [0.3, 0.4) is 0 Å². The molecule has 2 heterocycles. The number of likely N-dealkylation sites (tertiary alicyclic amines) is 1. The van der Waals surface area contributed by atoms with E-state index in [1.54, 1.807) is 13.0 Å². The van der Waals surface area contributed by atoms with E-state index < -0.39 is 0 Å². The Morgan fingerprint density at radius 2 is 2.00 bits per heavy atom. The summed E-state index contributed by atoms with van der Waals surface area (Å²) in [5.41, 5.74) is 7.16. The van der Waals surface area contributed by atoms with Gasteiger partial charge in [-0.25, -0.2) is 0 Å². The van der Waals surface area contributed by atoms with E-state index in [4.69, 9.17) is 10.3 Å². The number of carbonyl (C=O) groups excluding carboxylic acids is 1. The van der Waals surface area contributed by atoms with E-state index in [9.17, 15) is 4.79 Å². The number of nitrogens with zero attached hydrogens (tertiary/aromatic N) is 3. The largest absolute Gasteiger partial charge is 0.339 e. The summed E-state index contributed by atoms with van der Waals surface area (Å²) in [5.74, 6) is 0.926. The Morgan fingerprint density at radius 1 is 1.32 bits per heavy atom. The summed E-state index contributed by atoms with van der Waals surface area (Å²) in [5, 5.41) is 3.79. The molecule has 1 aromatic carbocycles. The Morgan fingerprint density at radius 3 is 2.64 bits per heavy atom. The van der Waals surface area contributed by atoms with Crippen LogP contribution in [0.1, 0.15) is 29.0 Å². The number of halogens is 1. The lowest BCUT2D eigenvalue weighted by atomic mass is 10.0. The Balaban J connectivity index is 0.00000176. The molecule has 1 fully saturated rings. The highest BCUT2D eigenvalue weighted by atomic mass is 35.5. The number of hydrogen-bond donors (Lipinski definition) is 1. The molecular formula is C15H19ClN4O2. The monoisotopic (exact) mass is 322 g/mol. The molecule has 1 aliphatic heterocycles. The van der Waals surface area contributed by atoms with Gasteiger partial charge in [-0.2, -0.15) is 4.98 Å². The van der Waals surface area contributed by atoms with Crippen LogP contribution in [-0.2, 0) is 0 Å². The van der Waals surface area contributed by atoms with Crippen molar-refractivity contribution in [3.8, 4) is 11.5 Å². The molecular weight excluding hydrogens is 304 g/mol. The van der Waals surface area contributed by atoms with Gasteiger partial charge >= 0.3 is 0 Å². The zero-order valence-corrected chi connectivity index (χ0v) is 13.2. The van der Waals surface area contributed by atoms with Crippen molar-refractivity contribution in [1.29, 1.82) is 0 Å². The zero-order chi connectivity index (χ0) is 14.8. The lowest BCUT2D eigenvalue weighted by Crippen LogP contribution is -2.43. The first-order valence-corrected chi connectivity index (χ1v) is 7.09. The summed E-state index contributed by atoms with van der Waals surface area (Å²) in [6, 6.07) is 7.53. The van der Waals surface area contributed by atoms with E-state index in [0.717, 1.165) is 12.8 Å². The van der Waals surface area contributed by atoms with Gasteiger partial charge in [-0.3, -0.25) is 4.79 Å². The zero-order valence-electron chi connectivity index (χ0n) is 12.4. The van der Waals surface area contributed by atoms with E-state index in [0.29, 0.717) is 35.9 Å². The molecule has 3 rings (SSSR count). The average Bonchev–Trinajstić information content (AvgIpc) is 2.94. The van der Waals surface area contributed by atoms with E-state index in [-0.39, 0.29) is 24.4 Å². The number of hydrogen-bond acceptors (Lipinski definition) is 5. The van der Waals surface area contributed by atoms with Crippen molar-refractivity contribution in [1.82, 2.24) is 15.0 Å². The Bertz CT molecular complexity index is 650. The molecule has 1 aliphatic rings. The van der Waals surface area contributed by atoms with Crippen LogP contribution >= 0.6 is 12.4 Å². The van der Waals surface area contributed by atoms with Crippen molar-refractivity contribution in [3.05, 3.63) is 35.7 Å². The lowest BCUT2D eigenvalue weighted by Gasteiger charge is -2.30. The molecule has 0 bridgehead atoms. The number of amides is 1. The number of carbonyl (C=O) groups is 1. The molecule has 2 aromatic rings. The van der Waals surface area contributed by atoms with Gasteiger partial charge in [0.05, 0.1) is 11.1 Å². The van der Waals surface area contributed by atoms with Gasteiger partial charge in [0.2, 0.25) is 0 Å². The minimum atomic E-state index is -0.00615. The first kappa shape index (κ1) is 16.5. The average molecular weight is 323 g/mol. The Hall–Kier alpha value is -1.92. The third-order valence-electron chi connectivity index (χ3n) is 3.74. The minimum absolute atomic E-state index is 0. The molecule has 22 heavy (non-hydrogen) atoms. The molecule has 0 aliphatic carbocycles. The van der Waals surface area contributed by atoms with Crippen LogP contribution in [0.25, 0.3) is 11.5 Å². The van der Waals surface area contributed by atoms with Crippen LogP contribution < -0.4 is 5.73 Å². The smallest absolute Gasteiger partial charge is 0.258 e. The third kappa shape index (κ3) is 3.28. The third-order valence-corrected chi connectivity index (χ3v) is 3.74. The van der Waals surface area contributed by atoms with Crippen molar-refractivity contribution in [2.24, 2.45) is 5.73 Å². The van der Waals surface area contributed by atoms with Crippen LogP contribution in [0, 0.1) is 6.92 Å². The maximum Gasteiger partial charge on any atom is 0.258 e. The van der Waals surface area contributed by atoms with Crippen LogP contribution in [0.15, 0.2) is 28.8 Å². The van der Waals surface area contributed by atoms with Crippen molar-refractivity contribution in [3.63, 3.8) is 0 Å². The van der Waals surface area contributed by atoms with Gasteiger partial charge in [0.1, 0.15) is 0 Å². The number of nitrogens with two attached hydrogens (primary N) is 1. The Labute approximate surface area is 135 Å². The molecule has 1 aromatic heterocycles. The molecule has 118 valence electrons. The van der Waals surface area contributed by atoms with E-state index in [1.807, 2.05) is 23.1 Å². The second-order valence-electron chi connectivity index (χ2n) is 5.32. The maximum absolute atomic E-state index is 12.7. The molecule has 1 saturated heterocycles. The van der Waals surface area contributed by atoms with Crippen molar-refractivity contribution in [2.75, 3.05) is 13.1 Å². The fourth-order valence-corrected chi connectivity index (χ4v) is 2.54. The summed E-state index contributed by atoms with van der Waals surface area (Å²) < 4.78 is 5.19. The summed E-state index contributed by atoms with van der Waals surface area (Å²) in [4.78, 5) is 18.8. The quantitative estimate of drug-likeness (QED) is 0.914. The number of aryl methyl sites for hydroxylation is 1. The van der Waals surface area contributed by atoms with Gasteiger partial charge in [0, 0.05) is 19.1 Å². The number of aromatic nitrogens is 2. The summed E-state index contributed by atoms with van der Waals surface area (Å²) >= 11 is 0. The molecule has 0 atom stereocenters. The first-order chi connectivity index (χ1) is 10.1. The normalized spacial score (nSPS) is 15.5. The van der Waals surface area contributed by atoms with E-state index in [2.05, 4.69) is 10.1 Å². The topological polar surface area (TPSA) is 85.2 Å². The van der Waals surface area contributed by atoms with E-state index >= 15 is 0 Å². The van der Waals surface area contributed by atoms with Crippen LogP contribution in [0.5, 0.6) is 0 Å². The van der Waals surface area contributed by atoms with Gasteiger partial charge < -0.3 is 15.2 Å². The number of benzene rings is 1. The summed E-state index contributed by atoms with van der Waals surface area (Å²) in [6.45, 7) is 3.14. The second-order valence-corrected chi connectivity index (χ2v) is 5.32. The van der Waals surface area contributed by atoms with Gasteiger partial charge in [0.25, 0.3) is 11.8 Å². The standard InChI is InChI=1S/C15H18N4O2.ClH/c1-10-17-14(21-18-10)12-4-2-3-5-13(12)15(20)19-8-6-11(16)7-9-19;/h2-5,11H,6-9,16H2,1H3;1H. The Kier molecular flexibility index (Phi) is 5.15. The van der Waals surface area contributed by atoms with Crippen molar-refractivity contribution >= 4 is 18.3 Å². The van der Waals surface area contributed by atoms with Gasteiger partial charge in [-0.15, -0.1) is 12.4 Å². The molecule has 0 spiro atoms. The predicted octanol–water partition coefficient (Wildman–Crippen LogP) is 2.03. The highest BCUT2D eigenvalue weighted by Crippen LogP contribution is 2.24. The van der Waals surface area contributed by atoms with Crippen LogP contribution in [0.2, 0.25) is 0 Å². The van der Waals surface area contributed by atoms with Crippen molar-refractivity contribution in [2.45, 2.75) is 25.8 Å². The predicted molar refractivity (Wildman–Crippen MR) is 84.8 cm³/mol. The lowest BCUT2D eigenvalue weighted by molar-refractivity contribution is 0.0715. The van der Waals surface area contributed by atoms with E-state index in [1.165, 1.54) is 0 Å². The van der Waals surface area contributed by atoms with Crippen LogP contribution in [-0.4, -0.2) is 40.1 Å². The molecule has 0 saturated carbocycles. The second kappa shape index (κ2) is 6.89. The number of rotatable bonds is 2. The minimum Gasteiger partial charge on any atom is -0.339 e. The SMILES string of the molecule is Cc1noc(-c2ccccc2C(=O)N2CCC(N)CC2)n1.Cl. The highest BCUT2D eigenvalue weighted by Gasteiger charge is 2.24. The van der Waals surface area contributed by atoms with Gasteiger partial charge in [0.15, 0.2) is 5.82 Å². The fourth-order valence-electron chi connectivity index (χ4n) is 2.54. The molecule has 1 amide bonds. The summed E-state index contributed by atoms with van der Waals surface area (Å²) in [7, 11) is 0. The molecule has 0 unspecified atom stereocenters. The molecule has 0 radical (unpaired) electrons.